The molecule has 1 saturated heterocycles. The van der Waals surface area contributed by atoms with Crippen molar-refractivity contribution in [2.45, 2.75) is 38.0 Å². The molecule has 2 atom stereocenters. The van der Waals surface area contributed by atoms with Gasteiger partial charge >= 0.3 is 0 Å². The fraction of sp³-hybridized carbons (Fsp3) is 0.917. The number of nitrogens with zero attached hydrogens (tertiary/aromatic N) is 2. The average Bonchev–Trinajstić information content (AvgIpc) is 3.11. The molecule has 0 amide bonds. The van der Waals surface area contributed by atoms with Gasteiger partial charge in [-0.1, -0.05) is 0 Å². The Hall–Kier alpha value is -0.810. The molecule has 0 bridgehead atoms. The second kappa shape index (κ2) is 4.82. The predicted octanol–water partition coefficient (Wildman–Crippen LogP) is -0.213. The van der Waals surface area contributed by atoms with Crippen LogP contribution in [0, 0.1) is 0 Å². The molecule has 2 aliphatic heterocycles. The third-order valence-electron chi connectivity index (χ3n) is 3.64. The quantitative estimate of drug-likeness (QED) is 0.714. The summed E-state index contributed by atoms with van der Waals surface area (Å²) in [6.45, 7) is 6.94. The van der Waals surface area contributed by atoms with Crippen molar-refractivity contribution in [3.63, 3.8) is 0 Å². The van der Waals surface area contributed by atoms with Crippen LogP contribution in [0.15, 0.2) is 4.99 Å². The summed E-state index contributed by atoms with van der Waals surface area (Å²) in [4.78, 5) is 6.96. The number of rotatable bonds is 3. The molecule has 5 heteroatoms. The molecule has 0 aromatic carbocycles. The molecule has 0 aromatic rings. The Bertz CT molecular complexity index is 303. The highest BCUT2D eigenvalue weighted by Gasteiger charge is 2.32. The molecule has 2 N–H and O–H groups in total. The van der Waals surface area contributed by atoms with Gasteiger partial charge in [-0.3, -0.25) is 9.89 Å². The molecule has 1 saturated carbocycles. The maximum Gasteiger partial charge on any atom is 0.191 e. The summed E-state index contributed by atoms with van der Waals surface area (Å²) in [5.74, 6) is 0.935. The molecule has 0 spiro atoms. The number of ether oxygens (including phenoxy) is 1. The van der Waals surface area contributed by atoms with Crippen LogP contribution in [0.4, 0.5) is 0 Å². The van der Waals surface area contributed by atoms with Crippen LogP contribution in [0.1, 0.15) is 19.8 Å². The first-order valence-electron chi connectivity index (χ1n) is 6.72. The molecule has 1 aliphatic carbocycles. The minimum Gasteiger partial charge on any atom is -0.374 e. The minimum absolute atomic E-state index is 0.310. The van der Waals surface area contributed by atoms with Crippen LogP contribution in [0.3, 0.4) is 0 Å². The lowest BCUT2D eigenvalue weighted by Crippen LogP contribution is -2.49. The van der Waals surface area contributed by atoms with Crippen LogP contribution < -0.4 is 10.6 Å². The average molecular weight is 238 g/mol. The number of morpholine rings is 1. The molecule has 5 nitrogen and oxygen atoms in total. The van der Waals surface area contributed by atoms with Crippen molar-refractivity contribution in [1.82, 2.24) is 15.5 Å². The van der Waals surface area contributed by atoms with Crippen molar-refractivity contribution < 1.29 is 4.74 Å². The molecule has 0 radical (unpaired) electrons. The van der Waals surface area contributed by atoms with E-state index in [1.54, 1.807) is 0 Å². The Kier molecular flexibility index (Phi) is 3.20. The van der Waals surface area contributed by atoms with Gasteiger partial charge in [-0.15, -0.1) is 0 Å². The molecule has 3 aliphatic rings. The molecule has 0 aromatic heterocycles. The Morgan fingerprint density at radius 2 is 2.41 bits per heavy atom. The van der Waals surface area contributed by atoms with E-state index >= 15 is 0 Å². The molecule has 2 fully saturated rings. The van der Waals surface area contributed by atoms with Crippen molar-refractivity contribution in [3.8, 4) is 0 Å². The van der Waals surface area contributed by atoms with Crippen molar-refractivity contribution >= 4 is 5.96 Å². The molecule has 96 valence electrons. The summed E-state index contributed by atoms with van der Waals surface area (Å²) in [5, 5.41) is 6.66. The van der Waals surface area contributed by atoms with Gasteiger partial charge in [0, 0.05) is 31.7 Å². The molecule has 2 unspecified atom stereocenters. The van der Waals surface area contributed by atoms with Gasteiger partial charge in [0.2, 0.25) is 0 Å². The summed E-state index contributed by atoms with van der Waals surface area (Å²) in [6.07, 6.45) is 3.07. The maximum atomic E-state index is 5.79. The van der Waals surface area contributed by atoms with Crippen molar-refractivity contribution in [1.29, 1.82) is 0 Å². The number of hydrogen-bond acceptors (Lipinski definition) is 5. The summed E-state index contributed by atoms with van der Waals surface area (Å²) in [5.41, 5.74) is 0. The van der Waals surface area contributed by atoms with Gasteiger partial charge in [0.05, 0.1) is 19.3 Å². The van der Waals surface area contributed by atoms with E-state index in [0.717, 1.165) is 44.8 Å². The lowest BCUT2D eigenvalue weighted by atomic mass is 10.2. The Morgan fingerprint density at radius 1 is 1.53 bits per heavy atom. The maximum absolute atomic E-state index is 5.79. The van der Waals surface area contributed by atoms with Crippen LogP contribution in [0.25, 0.3) is 0 Å². The van der Waals surface area contributed by atoms with Crippen molar-refractivity contribution in [2.24, 2.45) is 4.99 Å². The lowest BCUT2D eigenvalue weighted by molar-refractivity contribution is -0.0282. The van der Waals surface area contributed by atoms with Crippen LogP contribution in [-0.2, 0) is 4.74 Å². The van der Waals surface area contributed by atoms with Crippen molar-refractivity contribution in [3.05, 3.63) is 0 Å². The summed E-state index contributed by atoms with van der Waals surface area (Å²) in [6, 6.07) is 1.32. The van der Waals surface area contributed by atoms with Gasteiger partial charge in [0.25, 0.3) is 0 Å². The lowest BCUT2D eigenvalue weighted by Gasteiger charge is -2.33. The third kappa shape index (κ3) is 2.90. The first kappa shape index (κ1) is 11.3. The second-order valence-electron chi connectivity index (χ2n) is 5.33. The largest absolute Gasteiger partial charge is 0.374 e. The number of guanidine groups is 1. The van der Waals surface area contributed by atoms with E-state index in [9.17, 15) is 0 Å². The Morgan fingerprint density at radius 3 is 3.12 bits per heavy atom. The van der Waals surface area contributed by atoms with Gasteiger partial charge in [0.15, 0.2) is 5.96 Å². The van der Waals surface area contributed by atoms with E-state index < -0.39 is 0 Å². The topological polar surface area (TPSA) is 48.9 Å². The SMILES string of the molecule is CC1CN=C(NCC2CN(C3CC3)CCO2)N1. The van der Waals surface area contributed by atoms with Crippen LogP contribution >= 0.6 is 0 Å². The molecule has 17 heavy (non-hydrogen) atoms. The Labute approximate surface area is 103 Å². The highest BCUT2D eigenvalue weighted by atomic mass is 16.5. The normalized spacial score (nSPS) is 34.3. The third-order valence-corrected chi connectivity index (χ3v) is 3.64. The van der Waals surface area contributed by atoms with E-state index in [1.165, 1.54) is 12.8 Å². The van der Waals surface area contributed by atoms with E-state index in [-0.39, 0.29) is 0 Å². The summed E-state index contributed by atoms with van der Waals surface area (Å²) >= 11 is 0. The van der Waals surface area contributed by atoms with Gasteiger partial charge in [-0.25, -0.2) is 0 Å². The van der Waals surface area contributed by atoms with Gasteiger partial charge < -0.3 is 15.4 Å². The highest BCUT2D eigenvalue weighted by Crippen LogP contribution is 2.27. The summed E-state index contributed by atoms with van der Waals surface area (Å²) < 4.78 is 5.79. The number of aliphatic imine (C=N–C) groups is 1. The number of nitrogens with one attached hydrogen (secondary N) is 2. The van der Waals surface area contributed by atoms with E-state index in [2.05, 4.69) is 27.4 Å². The van der Waals surface area contributed by atoms with Gasteiger partial charge in [-0.2, -0.15) is 0 Å². The fourth-order valence-corrected chi connectivity index (χ4v) is 2.51. The minimum atomic E-state index is 0.310. The van der Waals surface area contributed by atoms with Crippen LogP contribution in [0.2, 0.25) is 0 Å². The first-order chi connectivity index (χ1) is 8.31. The molecule has 2 heterocycles. The summed E-state index contributed by atoms with van der Waals surface area (Å²) in [7, 11) is 0. The molecule has 3 rings (SSSR count). The van der Waals surface area contributed by atoms with E-state index in [4.69, 9.17) is 4.74 Å². The molecular formula is C12H22N4O. The zero-order chi connectivity index (χ0) is 11.7. The second-order valence-corrected chi connectivity index (χ2v) is 5.33. The highest BCUT2D eigenvalue weighted by molar-refractivity contribution is 5.81. The number of hydrogen-bond donors (Lipinski definition) is 2. The van der Waals surface area contributed by atoms with Crippen LogP contribution in [0.5, 0.6) is 0 Å². The van der Waals surface area contributed by atoms with E-state index in [1.807, 2.05) is 0 Å². The molecular weight excluding hydrogens is 216 g/mol. The Balaban J connectivity index is 1.42. The monoisotopic (exact) mass is 238 g/mol. The zero-order valence-corrected chi connectivity index (χ0v) is 10.5. The van der Waals surface area contributed by atoms with Crippen molar-refractivity contribution in [2.75, 3.05) is 32.8 Å². The zero-order valence-electron chi connectivity index (χ0n) is 10.5. The van der Waals surface area contributed by atoms with Gasteiger partial charge in [0.1, 0.15) is 0 Å². The standard InChI is InChI=1S/C12H22N4O/c1-9-6-13-12(15-9)14-7-11-8-16(4-5-17-11)10-2-3-10/h9-11H,2-8H2,1H3,(H2,13,14,15). The predicted molar refractivity (Wildman–Crippen MR) is 67.2 cm³/mol. The smallest absolute Gasteiger partial charge is 0.191 e. The fourth-order valence-electron chi connectivity index (χ4n) is 2.51. The van der Waals surface area contributed by atoms with Crippen LogP contribution in [-0.4, -0.2) is 61.8 Å². The van der Waals surface area contributed by atoms with E-state index in [0.29, 0.717) is 12.1 Å². The first-order valence-corrected chi connectivity index (χ1v) is 6.72. The van der Waals surface area contributed by atoms with Gasteiger partial charge in [-0.05, 0) is 19.8 Å².